The standard InChI is InChI=1S/C18H21N3O4/c1-12-5-7-15-19-10-14(18(25)21(15)11-12)17(24)20-9-3-2-4-13(20)6-8-16(22)23/h5,7,10-11,13H,2-4,6,8-9H2,1H3,(H,22,23). The Morgan fingerprint density at radius 3 is 2.88 bits per heavy atom. The largest absolute Gasteiger partial charge is 0.481 e. The van der Waals surface area contributed by atoms with E-state index in [0.717, 1.165) is 24.8 Å². The summed E-state index contributed by atoms with van der Waals surface area (Å²) in [6.07, 6.45) is 6.00. The van der Waals surface area contributed by atoms with E-state index in [0.29, 0.717) is 18.6 Å². The van der Waals surface area contributed by atoms with Crippen LogP contribution in [0, 0.1) is 6.92 Å². The lowest BCUT2D eigenvalue weighted by atomic mass is 9.97. The SMILES string of the molecule is Cc1ccc2ncc(C(=O)N3CCCCC3CCC(=O)O)c(=O)n2c1. The van der Waals surface area contributed by atoms with Gasteiger partial charge in [0.2, 0.25) is 0 Å². The topological polar surface area (TPSA) is 92.0 Å². The van der Waals surface area contributed by atoms with Gasteiger partial charge in [0.05, 0.1) is 0 Å². The van der Waals surface area contributed by atoms with E-state index < -0.39 is 5.97 Å². The van der Waals surface area contributed by atoms with Crippen molar-refractivity contribution in [3.8, 4) is 0 Å². The van der Waals surface area contributed by atoms with Crippen molar-refractivity contribution in [2.45, 2.75) is 45.1 Å². The Bertz CT molecular complexity index is 874. The fourth-order valence-corrected chi connectivity index (χ4v) is 3.34. The quantitative estimate of drug-likeness (QED) is 0.915. The molecule has 7 nitrogen and oxygen atoms in total. The maximum atomic E-state index is 12.9. The van der Waals surface area contributed by atoms with Crippen LogP contribution in [0.2, 0.25) is 0 Å². The molecule has 0 aliphatic carbocycles. The molecule has 0 bridgehead atoms. The molecule has 2 aromatic rings. The monoisotopic (exact) mass is 343 g/mol. The van der Waals surface area contributed by atoms with Crippen molar-refractivity contribution in [2.75, 3.05) is 6.54 Å². The summed E-state index contributed by atoms with van der Waals surface area (Å²) in [5.74, 6) is -1.23. The fraction of sp³-hybridized carbons (Fsp3) is 0.444. The van der Waals surface area contributed by atoms with Gasteiger partial charge in [-0.1, -0.05) is 6.07 Å². The van der Waals surface area contributed by atoms with Crippen LogP contribution in [0.3, 0.4) is 0 Å². The number of rotatable bonds is 4. The zero-order valence-corrected chi connectivity index (χ0v) is 14.1. The van der Waals surface area contributed by atoms with Crippen molar-refractivity contribution in [1.82, 2.24) is 14.3 Å². The van der Waals surface area contributed by atoms with E-state index in [2.05, 4.69) is 4.98 Å². The number of carboxylic acids is 1. The van der Waals surface area contributed by atoms with E-state index in [4.69, 9.17) is 5.11 Å². The number of amides is 1. The first-order valence-electron chi connectivity index (χ1n) is 8.48. The van der Waals surface area contributed by atoms with Crippen molar-refractivity contribution in [3.05, 3.63) is 46.0 Å². The molecular weight excluding hydrogens is 322 g/mol. The molecule has 1 amide bonds. The van der Waals surface area contributed by atoms with E-state index in [-0.39, 0.29) is 29.5 Å². The number of piperidine rings is 1. The summed E-state index contributed by atoms with van der Waals surface area (Å²) in [5.41, 5.74) is 1.04. The number of carbonyl (C=O) groups excluding carboxylic acids is 1. The van der Waals surface area contributed by atoms with Gasteiger partial charge in [-0.05, 0) is 44.2 Å². The van der Waals surface area contributed by atoms with E-state index in [9.17, 15) is 14.4 Å². The van der Waals surface area contributed by atoms with Gasteiger partial charge < -0.3 is 10.0 Å². The first kappa shape index (κ1) is 17.1. The molecule has 132 valence electrons. The zero-order valence-electron chi connectivity index (χ0n) is 14.1. The van der Waals surface area contributed by atoms with Crippen molar-refractivity contribution >= 4 is 17.5 Å². The summed E-state index contributed by atoms with van der Waals surface area (Å²) in [7, 11) is 0. The highest BCUT2D eigenvalue weighted by Crippen LogP contribution is 2.22. The molecule has 0 radical (unpaired) electrons. The van der Waals surface area contributed by atoms with Gasteiger partial charge in [0.15, 0.2) is 0 Å². The second kappa shape index (κ2) is 7.04. The molecule has 2 aromatic heterocycles. The smallest absolute Gasteiger partial charge is 0.303 e. The van der Waals surface area contributed by atoms with Gasteiger partial charge in [0.1, 0.15) is 11.2 Å². The molecule has 1 saturated heterocycles. The zero-order chi connectivity index (χ0) is 18.0. The highest BCUT2D eigenvalue weighted by Gasteiger charge is 2.29. The highest BCUT2D eigenvalue weighted by molar-refractivity contribution is 5.94. The number of fused-ring (bicyclic) bond motifs is 1. The Morgan fingerprint density at radius 1 is 1.32 bits per heavy atom. The van der Waals surface area contributed by atoms with Crippen LogP contribution >= 0.6 is 0 Å². The van der Waals surface area contributed by atoms with Gasteiger partial charge in [-0.25, -0.2) is 4.98 Å². The Kier molecular flexibility index (Phi) is 4.83. The lowest BCUT2D eigenvalue weighted by Gasteiger charge is -2.35. The van der Waals surface area contributed by atoms with E-state index in [1.807, 2.05) is 13.0 Å². The van der Waals surface area contributed by atoms with Crippen molar-refractivity contribution in [2.24, 2.45) is 0 Å². The van der Waals surface area contributed by atoms with Gasteiger partial charge >= 0.3 is 5.97 Å². The Hall–Kier alpha value is -2.70. The van der Waals surface area contributed by atoms with Gasteiger partial charge in [0.25, 0.3) is 11.5 Å². The number of hydrogen-bond acceptors (Lipinski definition) is 4. The summed E-state index contributed by atoms with van der Waals surface area (Å²) in [6, 6.07) is 3.45. The third-order valence-corrected chi connectivity index (χ3v) is 4.66. The van der Waals surface area contributed by atoms with Crippen LogP contribution in [0.15, 0.2) is 29.3 Å². The summed E-state index contributed by atoms with van der Waals surface area (Å²) < 4.78 is 1.39. The lowest BCUT2D eigenvalue weighted by molar-refractivity contribution is -0.137. The first-order chi connectivity index (χ1) is 12.0. The summed E-state index contributed by atoms with van der Waals surface area (Å²) >= 11 is 0. The van der Waals surface area contributed by atoms with Crippen LogP contribution in [0.5, 0.6) is 0 Å². The second-order valence-electron chi connectivity index (χ2n) is 6.49. The molecule has 1 unspecified atom stereocenters. The van der Waals surface area contributed by atoms with Gasteiger partial charge in [-0.2, -0.15) is 0 Å². The third-order valence-electron chi connectivity index (χ3n) is 4.66. The van der Waals surface area contributed by atoms with Crippen LogP contribution in [-0.2, 0) is 4.79 Å². The Balaban J connectivity index is 1.93. The highest BCUT2D eigenvalue weighted by atomic mass is 16.4. The van der Waals surface area contributed by atoms with Gasteiger partial charge in [-0.15, -0.1) is 0 Å². The minimum absolute atomic E-state index is 0.0165. The van der Waals surface area contributed by atoms with Crippen LogP contribution in [0.25, 0.3) is 5.65 Å². The van der Waals surface area contributed by atoms with Crippen molar-refractivity contribution in [1.29, 1.82) is 0 Å². The molecule has 7 heteroatoms. The molecule has 1 aliphatic heterocycles. The van der Waals surface area contributed by atoms with Gasteiger partial charge in [0, 0.05) is 31.4 Å². The van der Waals surface area contributed by atoms with E-state index in [1.165, 1.54) is 10.6 Å². The summed E-state index contributed by atoms with van der Waals surface area (Å²) in [5, 5.41) is 8.91. The molecule has 1 N–H and O–H groups in total. The molecule has 1 aliphatic rings. The average Bonchev–Trinajstić information content (AvgIpc) is 2.60. The minimum atomic E-state index is -0.874. The normalized spacial score (nSPS) is 17.6. The molecule has 25 heavy (non-hydrogen) atoms. The summed E-state index contributed by atoms with van der Waals surface area (Å²) in [6.45, 7) is 2.41. The molecule has 1 fully saturated rings. The second-order valence-corrected chi connectivity index (χ2v) is 6.49. The maximum absolute atomic E-state index is 12.9. The number of likely N-dealkylation sites (tertiary alicyclic amines) is 1. The third kappa shape index (κ3) is 3.55. The lowest BCUT2D eigenvalue weighted by Crippen LogP contribution is -2.45. The van der Waals surface area contributed by atoms with Crippen molar-refractivity contribution < 1.29 is 14.7 Å². The predicted molar refractivity (Wildman–Crippen MR) is 91.7 cm³/mol. The molecule has 0 saturated carbocycles. The number of carboxylic acid groups (broad SMARTS) is 1. The first-order valence-corrected chi connectivity index (χ1v) is 8.48. The number of aliphatic carboxylic acids is 1. The van der Waals surface area contributed by atoms with Gasteiger partial charge in [-0.3, -0.25) is 18.8 Å². The predicted octanol–water partition coefficient (Wildman–Crippen LogP) is 1.86. The van der Waals surface area contributed by atoms with E-state index >= 15 is 0 Å². The molecule has 0 aromatic carbocycles. The van der Waals surface area contributed by atoms with Crippen LogP contribution in [0.1, 0.15) is 48.0 Å². The number of aromatic nitrogens is 2. The van der Waals surface area contributed by atoms with Crippen LogP contribution < -0.4 is 5.56 Å². The molecule has 3 heterocycles. The van der Waals surface area contributed by atoms with Crippen molar-refractivity contribution in [3.63, 3.8) is 0 Å². The molecular formula is C18H21N3O4. The summed E-state index contributed by atoms with van der Waals surface area (Å²) in [4.78, 5) is 42.4. The molecule has 0 spiro atoms. The number of nitrogens with zero attached hydrogens (tertiary/aromatic N) is 3. The number of pyridine rings is 1. The average molecular weight is 343 g/mol. The number of hydrogen-bond donors (Lipinski definition) is 1. The van der Waals surface area contributed by atoms with Crippen LogP contribution in [-0.4, -0.2) is 43.9 Å². The maximum Gasteiger partial charge on any atom is 0.303 e. The van der Waals surface area contributed by atoms with Crippen LogP contribution in [0.4, 0.5) is 0 Å². The molecule has 3 rings (SSSR count). The number of aryl methyl sites for hydroxylation is 1. The Morgan fingerprint density at radius 2 is 2.12 bits per heavy atom. The Labute approximate surface area is 144 Å². The minimum Gasteiger partial charge on any atom is -0.481 e. The molecule has 1 atom stereocenters. The number of carbonyl (C=O) groups is 2. The van der Waals surface area contributed by atoms with E-state index in [1.54, 1.807) is 17.2 Å². The fourth-order valence-electron chi connectivity index (χ4n) is 3.34.